The zero-order valence-corrected chi connectivity index (χ0v) is 19.1. The molecule has 4 rings (SSSR count). The largest absolute Gasteiger partial charge is 0.338 e. The second kappa shape index (κ2) is 9.01. The number of nitrogens with one attached hydrogen (secondary N) is 1. The molecule has 3 aromatic heterocycles. The standard InChI is InChI=1S/C23H24BrN5O2/c1-15-11-20(16(2)29(15)19-6-3-9-25-13-19)23(31)28-10-4-5-17(14-28)22(30)27-21-8-7-18(24)12-26-21/h3,6-9,11-13,17H,4-5,10,14H2,1-2H3,(H,26,27,30). The van der Waals surface area contributed by atoms with Gasteiger partial charge in [0.05, 0.1) is 23.4 Å². The number of pyridine rings is 2. The van der Waals surface area contributed by atoms with Crippen LogP contribution in [0.15, 0.2) is 53.4 Å². The molecule has 0 spiro atoms. The Morgan fingerprint density at radius 1 is 1.19 bits per heavy atom. The Balaban J connectivity index is 1.49. The van der Waals surface area contributed by atoms with E-state index in [1.165, 1.54) is 0 Å². The molecule has 1 saturated heterocycles. The van der Waals surface area contributed by atoms with E-state index in [-0.39, 0.29) is 17.7 Å². The highest BCUT2D eigenvalue weighted by molar-refractivity contribution is 9.10. The van der Waals surface area contributed by atoms with Crippen molar-refractivity contribution in [3.63, 3.8) is 0 Å². The van der Waals surface area contributed by atoms with Crippen molar-refractivity contribution in [3.05, 3.63) is 70.3 Å². The summed E-state index contributed by atoms with van der Waals surface area (Å²) in [6.07, 6.45) is 6.70. The lowest BCUT2D eigenvalue weighted by molar-refractivity contribution is -0.121. The van der Waals surface area contributed by atoms with Crippen molar-refractivity contribution in [3.8, 4) is 5.69 Å². The summed E-state index contributed by atoms with van der Waals surface area (Å²) in [5.41, 5.74) is 3.44. The van der Waals surface area contributed by atoms with Crippen LogP contribution >= 0.6 is 15.9 Å². The SMILES string of the molecule is Cc1cc(C(=O)N2CCCC(C(=O)Nc3ccc(Br)cn3)C2)c(C)n1-c1cccnc1. The second-order valence-electron chi connectivity index (χ2n) is 7.77. The van der Waals surface area contributed by atoms with Crippen molar-refractivity contribution >= 4 is 33.6 Å². The first kappa shape index (κ1) is 21.2. The number of hydrogen-bond acceptors (Lipinski definition) is 4. The number of amides is 2. The van der Waals surface area contributed by atoms with Crippen LogP contribution in [0.5, 0.6) is 0 Å². The van der Waals surface area contributed by atoms with Gasteiger partial charge in [-0.3, -0.25) is 14.6 Å². The number of rotatable bonds is 4. The Bertz CT molecular complexity index is 1100. The third kappa shape index (κ3) is 4.54. The van der Waals surface area contributed by atoms with E-state index in [4.69, 9.17) is 0 Å². The number of aromatic nitrogens is 3. The van der Waals surface area contributed by atoms with Gasteiger partial charge in [0.2, 0.25) is 5.91 Å². The highest BCUT2D eigenvalue weighted by Crippen LogP contribution is 2.25. The number of nitrogens with zero attached hydrogens (tertiary/aromatic N) is 4. The molecule has 2 amide bonds. The molecule has 1 fully saturated rings. The summed E-state index contributed by atoms with van der Waals surface area (Å²) >= 11 is 3.34. The van der Waals surface area contributed by atoms with Gasteiger partial charge in [-0.25, -0.2) is 4.98 Å². The van der Waals surface area contributed by atoms with Gasteiger partial charge in [0.1, 0.15) is 5.82 Å². The maximum Gasteiger partial charge on any atom is 0.255 e. The zero-order chi connectivity index (χ0) is 22.0. The van der Waals surface area contributed by atoms with Gasteiger partial charge in [0, 0.05) is 41.3 Å². The molecule has 1 unspecified atom stereocenters. The summed E-state index contributed by atoms with van der Waals surface area (Å²) in [5, 5.41) is 2.86. The van der Waals surface area contributed by atoms with Crippen molar-refractivity contribution < 1.29 is 9.59 Å². The first-order valence-corrected chi connectivity index (χ1v) is 11.0. The number of carbonyl (C=O) groups excluding carboxylic acids is 2. The summed E-state index contributed by atoms with van der Waals surface area (Å²) < 4.78 is 2.89. The molecule has 1 N–H and O–H groups in total. The number of halogens is 1. The van der Waals surface area contributed by atoms with E-state index in [0.717, 1.165) is 34.4 Å². The predicted molar refractivity (Wildman–Crippen MR) is 122 cm³/mol. The average molecular weight is 482 g/mol. The van der Waals surface area contributed by atoms with Crippen LogP contribution in [-0.4, -0.2) is 44.3 Å². The van der Waals surface area contributed by atoms with Crippen LogP contribution in [0.3, 0.4) is 0 Å². The smallest absolute Gasteiger partial charge is 0.255 e. The van der Waals surface area contributed by atoms with Gasteiger partial charge in [0.25, 0.3) is 5.91 Å². The molecule has 1 aliphatic rings. The fourth-order valence-corrected chi connectivity index (χ4v) is 4.32. The molecule has 160 valence electrons. The number of aryl methyl sites for hydroxylation is 1. The van der Waals surface area contributed by atoms with Gasteiger partial charge >= 0.3 is 0 Å². The zero-order valence-electron chi connectivity index (χ0n) is 17.5. The van der Waals surface area contributed by atoms with Crippen LogP contribution in [0.2, 0.25) is 0 Å². The van der Waals surface area contributed by atoms with E-state index in [1.54, 1.807) is 29.6 Å². The quantitative estimate of drug-likeness (QED) is 0.607. The Morgan fingerprint density at radius 2 is 2.03 bits per heavy atom. The summed E-state index contributed by atoms with van der Waals surface area (Å²) in [7, 11) is 0. The molecule has 8 heteroatoms. The van der Waals surface area contributed by atoms with Crippen LogP contribution in [0.4, 0.5) is 5.82 Å². The number of anilines is 1. The Kier molecular flexibility index (Phi) is 6.18. The van der Waals surface area contributed by atoms with Gasteiger partial charge in [-0.15, -0.1) is 0 Å². The van der Waals surface area contributed by atoms with Crippen LogP contribution in [0.25, 0.3) is 5.69 Å². The maximum atomic E-state index is 13.3. The predicted octanol–water partition coefficient (Wildman–Crippen LogP) is 4.14. The molecule has 31 heavy (non-hydrogen) atoms. The molecular formula is C23H24BrN5O2. The summed E-state index contributed by atoms with van der Waals surface area (Å²) in [5.74, 6) is 0.109. The lowest BCUT2D eigenvalue weighted by Crippen LogP contribution is -2.44. The maximum absolute atomic E-state index is 13.3. The van der Waals surface area contributed by atoms with Crippen LogP contribution < -0.4 is 5.32 Å². The van der Waals surface area contributed by atoms with E-state index in [0.29, 0.717) is 24.5 Å². The Morgan fingerprint density at radius 3 is 2.74 bits per heavy atom. The first-order valence-electron chi connectivity index (χ1n) is 10.2. The molecule has 0 saturated carbocycles. The van der Waals surface area contributed by atoms with Gasteiger partial charge in [-0.2, -0.15) is 0 Å². The molecule has 7 nitrogen and oxygen atoms in total. The van der Waals surface area contributed by atoms with Crippen molar-refractivity contribution in [2.45, 2.75) is 26.7 Å². The normalized spacial score (nSPS) is 16.2. The van der Waals surface area contributed by atoms with Crippen molar-refractivity contribution in [2.24, 2.45) is 5.92 Å². The molecule has 1 aliphatic heterocycles. The molecule has 0 aliphatic carbocycles. The van der Waals surface area contributed by atoms with Gasteiger partial charge in [0.15, 0.2) is 0 Å². The second-order valence-corrected chi connectivity index (χ2v) is 8.69. The fraction of sp³-hybridized carbons (Fsp3) is 0.304. The first-order chi connectivity index (χ1) is 14.9. The van der Waals surface area contributed by atoms with Crippen molar-refractivity contribution in [1.29, 1.82) is 0 Å². The molecule has 1 atom stereocenters. The third-order valence-electron chi connectivity index (χ3n) is 5.62. The molecule has 0 radical (unpaired) electrons. The highest BCUT2D eigenvalue weighted by Gasteiger charge is 2.30. The number of piperidine rings is 1. The van der Waals surface area contributed by atoms with Crippen molar-refractivity contribution in [1.82, 2.24) is 19.4 Å². The van der Waals surface area contributed by atoms with Gasteiger partial charge in [-0.1, -0.05) is 0 Å². The summed E-state index contributed by atoms with van der Waals surface area (Å²) in [4.78, 5) is 36.3. The van der Waals surface area contributed by atoms with E-state index in [2.05, 4.69) is 31.2 Å². The van der Waals surface area contributed by atoms with Crippen LogP contribution in [0.1, 0.15) is 34.6 Å². The number of carbonyl (C=O) groups is 2. The summed E-state index contributed by atoms with van der Waals surface area (Å²) in [6.45, 7) is 4.97. The molecule has 4 heterocycles. The average Bonchev–Trinajstić information content (AvgIpc) is 3.09. The van der Waals surface area contributed by atoms with E-state index in [1.807, 2.05) is 42.7 Å². The Labute approximate surface area is 189 Å². The minimum atomic E-state index is -0.259. The van der Waals surface area contributed by atoms with E-state index < -0.39 is 0 Å². The van der Waals surface area contributed by atoms with Crippen LogP contribution in [-0.2, 0) is 4.79 Å². The topological polar surface area (TPSA) is 80.1 Å². The van der Waals surface area contributed by atoms with Crippen molar-refractivity contribution in [2.75, 3.05) is 18.4 Å². The third-order valence-corrected chi connectivity index (χ3v) is 6.09. The van der Waals surface area contributed by atoms with Gasteiger partial charge in [-0.05, 0) is 73.0 Å². The molecule has 0 aromatic carbocycles. The molecular weight excluding hydrogens is 458 g/mol. The monoisotopic (exact) mass is 481 g/mol. The number of hydrogen-bond donors (Lipinski definition) is 1. The molecule has 0 bridgehead atoms. The van der Waals surface area contributed by atoms with Crippen LogP contribution in [0, 0.1) is 19.8 Å². The minimum absolute atomic E-state index is 0.0393. The lowest BCUT2D eigenvalue weighted by Gasteiger charge is -2.32. The minimum Gasteiger partial charge on any atom is -0.338 e. The molecule has 3 aromatic rings. The number of likely N-dealkylation sites (tertiary alicyclic amines) is 1. The lowest BCUT2D eigenvalue weighted by atomic mass is 9.96. The fourth-order valence-electron chi connectivity index (χ4n) is 4.09. The summed E-state index contributed by atoms with van der Waals surface area (Å²) in [6, 6.07) is 9.35. The highest BCUT2D eigenvalue weighted by atomic mass is 79.9. The van der Waals surface area contributed by atoms with Gasteiger partial charge < -0.3 is 14.8 Å². The van der Waals surface area contributed by atoms with E-state index in [9.17, 15) is 9.59 Å². The Hall–Kier alpha value is -3.00. The van der Waals surface area contributed by atoms with E-state index >= 15 is 0 Å².